The molecule has 0 unspecified atom stereocenters. The number of rotatable bonds is 2. The second kappa shape index (κ2) is 4.13. The van der Waals surface area contributed by atoms with Crippen LogP contribution in [-0.2, 0) is 11.3 Å². The monoisotopic (exact) mass is 199 g/mol. The van der Waals surface area contributed by atoms with Crippen molar-refractivity contribution in [1.29, 1.82) is 0 Å². The van der Waals surface area contributed by atoms with Crippen LogP contribution in [0.5, 0.6) is 0 Å². The van der Waals surface area contributed by atoms with Crippen molar-refractivity contribution in [1.82, 2.24) is 5.32 Å². The first-order valence-electron chi connectivity index (χ1n) is 4.98. The molecule has 0 fully saturated rings. The van der Waals surface area contributed by atoms with Gasteiger partial charge >= 0.3 is 0 Å². The highest BCUT2D eigenvalue weighted by molar-refractivity contribution is 5.83. The van der Waals surface area contributed by atoms with Gasteiger partial charge in [-0.05, 0) is 22.4 Å². The maximum Gasteiger partial charge on any atom is 0.217 e. The molecule has 2 heteroatoms. The van der Waals surface area contributed by atoms with Crippen LogP contribution in [0.2, 0.25) is 0 Å². The fraction of sp³-hybridized carbons (Fsp3) is 0.154. The Bertz CT molecular complexity index is 491. The van der Waals surface area contributed by atoms with Gasteiger partial charge in [-0.2, -0.15) is 0 Å². The summed E-state index contributed by atoms with van der Waals surface area (Å²) >= 11 is 0. The van der Waals surface area contributed by atoms with Gasteiger partial charge in [0.25, 0.3) is 0 Å². The van der Waals surface area contributed by atoms with Crippen LogP contribution >= 0.6 is 0 Å². The van der Waals surface area contributed by atoms with Crippen molar-refractivity contribution in [2.45, 2.75) is 13.5 Å². The lowest BCUT2D eigenvalue weighted by atomic mass is 10.1. The number of carbonyl (C=O) groups excluding carboxylic acids is 1. The summed E-state index contributed by atoms with van der Waals surface area (Å²) in [6.45, 7) is 2.13. The second-order valence-electron chi connectivity index (χ2n) is 3.59. The SMILES string of the molecule is CC(=O)NCc1ccc2ccccc2c1. The average molecular weight is 199 g/mol. The standard InChI is InChI=1S/C13H13NO/c1-10(15)14-9-11-6-7-12-4-2-3-5-13(12)8-11/h2-8H,9H2,1H3,(H,14,15). The van der Waals surface area contributed by atoms with Gasteiger partial charge in [-0.25, -0.2) is 0 Å². The Morgan fingerprint density at radius 2 is 1.87 bits per heavy atom. The molecule has 0 atom stereocenters. The molecule has 0 aliphatic rings. The zero-order chi connectivity index (χ0) is 10.7. The first-order chi connectivity index (χ1) is 7.25. The number of benzene rings is 2. The van der Waals surface area contributed by atoms with E-state index in [1.807, 2.05) is 18.2 Å². The summed E-state index contributed by atoms with van der Waals surface area (Å²) in [5.41, 5.74) is 1.13. The minimum atomic E-state index is 0.00292. The summed E-state index contributed by atoms with van der Waals surface area (Å²) in [4.78, 5) is 10.8. The molecule has 0 radical (unpaired) electrons. The number of carbonyl (C=O) groups is 1. The van der Waals surface area contributed by atoms with Gasteiger partial charge in [-0.3, -0.25) is 4.79 Å². The third-order valence-electron chi connectivity index (χ3n) is 2.36. The Hall–Kier alpha value is -1.83. The zero-order valence-corrected chi connectivity index (χ0v) is 8.66. The summed E-state index contributed by atoms with van der Waals surface area (Å²) < 4.78 is 0. The van der Waals surface area contributed by atoms with Crippen LogP contribution in [0.15, 0.2) is 42.5 Å². The molecule has 0 spiro atoms. The Morgan fingerprint density at radius 1 is 1.13 bits per heavy atom. The van der Waals surface area contributed by atoms with Crippen LogP contribution in [0, 0.1) is 0 Å². The van der Waals surface area contributed by atoms with E-state index in [0.29, 0.717) is 6.54 Å². The van der Waals surface area contributed by atoms with E-state index in [2.05, 4.69) is 29.6 Å². The number of hydrogen-bond acceptors (Lipinski definition) is 1. The van der Waals surface area contributed by atoms with E-state index < -0.39 is 0 Å². The van der Waals surface area contributed by atoms with E-state index in [1.165, 1.54) is 17.7 Å². The van der Waals surface area contributed by atoms with E-state index in [9.17, 15) is 4.79 Å². The van der Waals surface area contributed by atoms with E-state index in [0.717, 1.165) is 5.56 Å². The lowest BCUT2D eigenvalue weighted by Crippen LogP contribution is -2.18. The molecule has 1 amide bonds. The maximum atomic E-state index is 10.8. The summed E-state index contributed by atoms with van der Waals surface area (Å²) in [6.07, 6.45) is 0. The van der Waals surface area contributed by atoms with Crippen LogP contribution in [-0.4, -0.2) is 5.91 Å². The number of nitrogens with one attached hydrogen (secondary N) is 1. The highest BCUT2D eigenvalue weighted by atomic mass is 16.1. The normalized spacial score (nSPS) is 10.2. The first-order valence-corrected chi connectivity index (χ1v) is 4.98. The molecule has 0 aliphatic heterocycles. The first kappa shape index (κ1) is 9.71. The van der Waals surface area contributed by atoms with E-state index in [-0.39, 0.29) is 5.91 Å². The van der Waals surface area contributed by atoms with E-state index in [4.69, 9.17) is 0 Å². The third-order valence-corrected chi connectivity index (χ3v) is 2.36. The molecular formula is C13H13NO. The van der Waals surface area contributed by atoms with Gasteiger partial charge in [0.05, 0.1) is 0 Å². The largest absolute Gasteiger partial charge is 0.352 e. The van der Waals surface area contributed by atoms with Crippen LogP contribution in [0.4, 0.5) is 0 Å². The van der Waals surface area contributed by atoms with Crippen molar-refractivity contribution in [2.75, 3.05) is 0 Å². The Kier molecular flexibility index (Phi) is 2.68. The van der Waals surface area contributed by atoms with Crippen molar-refractivity contribution in [3.05, 3.63) is 48.0 Å². The van der Waals surface area contributed by atoms with E-state index in [1.54, 1.807) is 0 Å². The number of hydrogen-bond donors (Lipinski definition) is 1. The molecule has 0 aromatic heterocycles. The van der Waals surface area contributed by atoms with Crippen molar-refractivity contribution in [3.8, 4) is 0 Å². The predicted octanol–water partition coefficient (Wildman–Crippen LogP) is 2.48. The minimum Gasteiger partial charge on any atom is -0.352 e. The smallest absolute Gasteiger partial charge is 0.217 e. The molecule has 0 heterocycles. The van der Waals surface area contributed by atoms with Gasteiger partial charge in [0.15, 0.2) is 0 Å². The van der Waals surface area contributed by atoms with Gasteiger partial charge in [-0.15, -0.1) is 0 Å². The van der Waals surface area contributed by atoms with Gasteiger partial charge < -0.3 is 5.32 Å². The molecule has 2 aromatic rings. The third kappa shape index (κ3) is 2.34. The van der Waals surface area contributed by atoms with E-state index >= 15 is 0 Å². The molecule has 76 valence electrons. The van der Waals surface area contributed by atoms with Crippen molar-refractivity contribution in [3.63, 3.8) is 0 Å². The molecule has 2 aromatic carbocycles. The maximum absolute atomic E-state index is 10.8. The molecule has 0 saturated carbocycles. The highest BCUT2D eigenvalue weighted by Crippen LogP contribution is 2.15. The molecule has 0 bridgehead atoms. The summed E-state index contributed by atoms with van der Waals surface area (Å²) in [5.74, 6) is 0.00292. The second-order valence-corrected chi connectivity index (χ2v) is 3.59. The molecule has 2 rings (SSSR count). The van der Waals surface area contributed by atoms with Gasteiger partial charge in [0.1, 0.15) is 0 Å². The molecule has 2 nitrogen and oxygen atoms in total. The van der Waals surface area contributed by atoms with Crippen molar-refractivity contribution < 1.29 is 4.79 Å². The topological polar surface area (TPSA) is 29.1 Å². The van der Waals surface area contributed by atoms with Crippen molar-refractivity contribution >= 4 is 16.7 Å². The molecule has 1 N–H and O–H groups in total. The molecule has 15 heavy (non-hydrogen) atoms. The number of amides is 1. The molecule has 0 saturated heterocycles. The Labute approximate surface area is 88.9 Å². The quantitative estimate of drug-likeness (QED) is 0.791. The Balaban J connectivity index is 2.26. The zero-order valence-electron chi connectivity index (χ0n) is 8.66. The molecular weight excluding hydrogens is 186 g/mol. The lowest BCUT2D eigenvalue weighted by molar-refractivity contribution is -0.119. The van der Waals surface area contributed by atoms with Crippen LogP contribution in [0.1, 0.15) is 12.5 Å². The minimum absolute atomic E-state index is 0.00292. The van der Waals surface area contributed by atoms with Gasteiger partial charge in [0.2, 0.25) is 5.91 Å². The van der Waals surface area contributed by atoms with Gasteiger partial charge in [0, 0.05) is 13.5 Å². The number of fused-ring (bicyclic) bond motifs is 1. The summed E-state index contributed by atoms with van der Waals surface area (Å²) in [6, 6.07) is 14.4. The Morgan fingerprint density at radius 3 is 2.60 bits per heavy atom. The fourth-order valence-corrected chi connectivity index (χ4v) is 1.58. The fourth-order valence-electron chi connectivity index (χ4n) is 1.58. The predicted molar refractivity (Wildman–Crippen MR) is 61.5 cm³/mol. The highest BCUT2D eigenvalue weighted by Gasteiger charge is 1.96. The van der Waals surface area contributed by atoms with Crippen LogP contribution in [0.25, 0.3) is 10.8 Å². The van der Waals surface area contributed by atoms with Crippen LogP contribution < -0.4 is 5.32 Å². The van der Waals surface area contributed by atoms with Crippen molar-refractivity contribution in [2.24, 2.45) is 0 Å². The van der Waals surface area contributed by atoms with Crippen LogP contribution in [0.3, 0.4) is 0 Å². The van der Waals surface area contributed by atoms with Gasteiger partial charge in [-0.1, -0.05) is 36.4 Å². The lowest BCUT2D eigenvalue weighted by Gasteiger charge is -2.04. The summed E-state index contributed by atoms with van der Waals surface area (Å²) in [7, 11) is 0. The molecule has 0 aliphatic carbocycles. The summed E-state index contributed by atoms with van der Waals surface area (Å²) in [5, 5.41) is 5.22. The average Bonchev–Trinajstić information content (AvgIpc) is 2.26.